The van der Waals surface area contributed by atoms with E-state index < -0.39 is 11.6 Å². The molecule has 1 amide bonds. The van der Waals surface area contributed by atoms with Crippen LogP contribution in [0.2, 0.25) is 0 Å². The fourth-order valence-corrected chi connectivity index (χ4v) is 2.56. The lowest BCUT2D eigenvalue weighted by atomic mass is 10.1. The number of likely N-dealkylation sites (N-methyl/N-ethyl adjacent to an activating group) is 1. The summed E-state index contributed by atoms with van der Waals surface area (Å²) in [5, 5.41) is 2.56. The molecule has 0 saturated carbocycles. The van der Waals surface area contributed by atoms with Crippen LogP contribution in [-0.4, -0.2) is 45.2 Å². The van der Waals surface area contributed by atoms with Crippen molar-refractivity contribution < 1.29 is 23.0 Å². The molecule has 0 aliphatic rings. The minimum Gasteiger partial charge on any atom is -0.493 e. The van der Waals surface area contributed by atoms with E-state index >= 15 is 0 Å². The maximum Gasteiger partial charge on any atom is 0.225 e. The second-order valence-corrected chi connectivity index (χ2v) is 6.17. The minimum absolute atomic E-state index is 0.242. The molecule has 0 aliphatic heterocycles. The van der Waals surface area contributed by atoms with Crippen LogP contribution in [0.15, 0.2) is 36.4 Å². The number of benzene rings is 2. The summed E-state index contributed by atoms with van der Waals surface area (Å²) in [6, 6.07) is 9.06. The van der Waals surface area contributed by atoms with Gasteiger partial charge >= 0.3 is 0 Å². The van der Waals surface area contributed by atoms with Crippen LogP contribution in [0.1, 0.15) is 12.0 Å². The lowest BCUT2D eigenvalue weighted by Gasteiger charge is -2.17. The second kappa shape index (κ2) is 9.87. The standard InChI is InChI=1S/C20H24F2N2O3/c1-24(10-8-14-4-7-18(26-2)19(12-14)27-3)11-9-20(25)23-15-5-6-16(21)17(22)13-15/h4-7,12-13H,8-11H2,1-3H3,(H,23,25). The molecule has 2 rings (SSSR count). The van der Waals surface area contributed by atoms with Gasteiger partial charge in [-0.05, 0) is 43.3 Å². The monoisotopic (exact) mass is 378 g/mol. The van der Waals surface area contributed by atoms with E-state index in [9.17, 15) is 13.6 Å². The highest BCUT2D eigenvalue weighted by atomic mass is 19.2. The van der Waals surface area contributed by atoms with Crippen LogP contribution in [0.3, 0.4) is 0 Å². The van der Waals surface area contributed by atoms with Crippen LogP contribution in [0.4, 0.5) is 14.5 Å². The molecule has 0 saturated heterocycles. The van der Waals surface area contributed by atoms with E-state index in [1.54, 1.807) is 14.2 Å². The first-order chi connectivity index (χ1) is 12.9. The zero-order valence-electron chi connectivity index (χ0n) is 15.7. The maximum absolute atomic E-state index is 13.2. The van der Waals surface area contributed by atoms with Gasteiger partial charge in [-0.2, -0.15) is 0 Å². The third kappa shape index (κ3) is 6.21. The predicted octanol–water partition coefficient (Wildman–Crippen LogP) is 3.49. The van der Waals surface area contributed by atoms with Gasteiger partial charge in [0.15, 0.2) is 23.1 Å². The molecule has 2 aromatic rings. The molecule has 0 spiro atoms. The molecule has 0 unspecified atom stereocenters. The number of rotatable bonds is 9. The van der Waals surface area contributed by atoms with Crippen LogP contribution < -0.4 is 14.8 Å². The van der Waals surface area contributed by atoms with Crippen LogP contribution in [0.25, 0.3) is 0 Å². The fourth-order valence-electron chi connectivity index (χ4n) is 2.56. The summed E-state index contributed by atoms with van der Waals surface area (Å²) in [7, 11) is 5.11. The number of amides is 1. The summed E-state index contributed by atoms with van der Waals surface area (Å²) in [5.41, 5.74) is 1.35. The number of ether oxygens (including phenoxy) is 2. The Morgan fingerprint density at radius 3 is 2.41 bits per heavy atom. The van der Waals surface area contributed by atoms with Crippen LogP contribution in [0.5, 0.6) is 11.5 Å². The normalized spacial score (nSPS) is 10.7. The van der Waals surface area contributed by atoms with E-state index in [0.717, 1.165) is 30.7 Å². The Morgan fingerprint density at radius 2 is 1.74 bits per heavy atom. The number of carbonyl (C=O) groups excluding carboxylic acids is 1. The van der Waals surface area contributed by atoms with Crippen LogP contribution in [0, 0.1) is 11.6 Å². The molecule has 5 nitrogen and oxygen atoms in total. The van der Waals surface area contributed by atoms with Crippen molar-refractivity contribution in [1.82, 2.24) is 4.90 Å². The van der Waals surface area contributed by atoms with E-state index in [-0.39, 0.29) is 18.0 Å². The molecule has 0 aliphatic carbocycles. The molecule has 0 bridgehead atoms. The van der Waals surface area contributed by atoms with Gasteiger partial charge in [0.05, 0.1) is 14.2 Å². The minimum atomic E-state index is -0.986. The van der Waals surface area contributed by atoms with Gasteiger partial charge in [0.25, 0.3) is 0 Å². The Kier molecular flexibility index (Phi) is 7.55. The fraction of sp³-hybridized carbons (Fsp3) is 0.350. The molecule has 0 atom stereocenters. The molecular formula is C20H24F2N2O3. The molecule has 146 valence electrons. The van der Waals surface area contributed by atoms with E-state index in [0.29, 0.717) is 18.0 Å². The number of hydrogen-bond acceptors (Lipinski definition) is 4. The third-order valence-corrected chi connectivity index (χ3v) is 4.15. The second-order valence-electron chi connectivity index (χ2n) is 6.17. The summed E-state index contributed by atoms with van der Waals surface area (Å²) >= 11 is 0. The van der Waals surface area contributed by atoms with Gasteiger partial charge in [0.1, 0.15) is 0 Å². The quantitative estimate of drug-likeness (QED) is 0.726. The molecule has 0 aromatic heterocycles. The summed E-state index contributed by atoms with van der Waals surface area (Å²) in [4.78, 5) is 14.0. The Hall–Kier alpha value is -2.67. The topological polar surface area (TPSA) is 50.8 Å². The van der Waals surface area contributed by atoms with Gasteiger partial charge in [-0.25, -0.2) is 8.78 Å². The van der Waals surface area contributed by atoms with Crippen molar-refractivity contribution in [2.75, 3.05) is 39.7 Å². The van der Waals surface area contributed by atoms with Crippen molar-refractivity contribution in [3.63, 3.8) is 0 Å². The number of carbonyl (C=O) groups is 1. The first-order valence-electron chi connectivity index (χ1n) is 8.57. The van der Waals surface area contributed by atoms with Crippen molar-refractivity contribution in [3.05, 3.63) is 53.6 Å². The highest BCUT2D eigenvalue weighted by Gasteiger charge is 2.09. The van der Waals surface area contributed by atoms with E-state index in [1.807, 2.05) is 30.1 Å². The summed E-state index contributed by atoms with van der Waals surface area (Å²) in [5.74, 6) is -0.811. The van der Waals surface area contributed by atoms with Crippen molar-refractivity contribution >= 4 is 11.6 Å². The third-order valence-electron chi connectivity index (χ3n) is 4.15. The van der Waals surface area contributed by atoms with E-state index in [1.165, 1.54) is 6.07 Å². The largest absolute Gasteiger partial charge is 0.493 e. The van der Waals surface area contributed by atoms with Gasteiger partial charge in [-0.15, -0.1) is 0 Å². The van der Waals surface area contributed by atoms with Gasteiger partial charge in [0, 0.05) is 31.3 Å². The molecule has 0 fully saturated rings. The first-order valence-corrected chi connectivity index (χ1v) is 8.57. The first kappa shape index (κ1) is 20.6. The number of nitrogens with one attached hydrogen (secondary N) is 1. The highest BCUT2D eigenvalue weighted by molar-refractivity contribution is 5.90. The molecule has 0 heterocycles. The predicted molar refractivity (Wildman–Crippen MR) is 100 cm³/mol. The van der Waals surface area contributed by atoms with E-state index in [2.05, 4.69) is 5.32 Å². The zero-order chi connectivity index (χ0) is 19.8. The molecular weight excluding hydrogens is 354 g/mol. The van der Waals surface area contributed by atoms with Crippen molar-refractivity contribution in [1.29, 1.82) is 0 Å². The van der Waals surface area contributed by atoms with Crippen LogP contribution in [-0.2, 0) is 11.2 Å². The molecule has 27 heavy (non-hydrogen) atoms. The lowest BCUT2D eigenvalue weighted by Crippen LogP contribution is -2.26. The van der Waals surface area contributed by atoms with Gasteiger partial charge in [-0.3, -0.25) is 4.79 Å². The number of nitrogens with zero attached hydrogens (tertiary/aromatic N) is 1. The summed E-state index contributed by atoms with van der Waals surface area (Å²) < 4.78 is 36.6. The Morgan fingerprint density at radius 1 is 1.00 bits per heavy atom. The highest BCUT2D eigenvalue weighted by Crippen LogP contribution is 2.27. The maximum atomic E-state index is 13.2. The Balaban J connectivity index is 1.77. The number of hydrogen-bond donors (Lipinski definition) is 1. The average molecular weight is 378 g/mol. The van der Waals surface area contributed by atoms with Gasteiger partial charge < -0.3 is 19.7 Å². The van der Waals surface area contributed by atoms with Gasteiger partial charge in [0.2, 0.25) is 5.91 Å². The zero-order valence-corrected chi connectivity index (χ0v) is 15.7. The Bertz CT molecular complexity index is 784. The molecule has 2 aromatic carbocycles. The number of halogens is 2. The average Bonchev–Trinajstić information content (AvgIpc) is 2.67. The van der Waals surface area contributed by atoms with Crippen LogP contribution >= 0.6 is 0 Å². The smallest absolute Gasteiger partial charge is 0.225 e. The SMILES string of the molecule is COc1ccc(CCN(C)CCC(=O)Nc2ccc(F)c(F)c2)cc1OC. The Labute approximate surface area is 157 Å². The lowest BCUT2D eigenvalue weighted by molar-refractivity contribution is -0.116. The number of anilines is 1. The number of methoxy groups -OCH3 is 2. The van der Waals surface area contributed by atoms with E-state index in [4.69, 9.17) is 9.47 Å². The molecule has 7 heteroatoms. The van der Waals surface area contributed by atoms with Crippen molar-refractivity contribution in [2.45, 2.75) is 12.8 Å². The summed E-state index contributed by atoms with van der Waals surface area (Å²) in [6.07, 6.45) is 1.04. The van der Waals surface area contributed by atoms with Crippen molar-refractivity contribution in [2.24, 2.45) is 0 Å². The van der Waals surface area contributed by atoms with Gasteiger partial charge in [-0.1, -0.05) is 6.07 Å². The van der Waals surface area contributed by atoms with Crippen molar-refractivity contribution in [3.8, 4) is 11.5 Å². The molecule has 1 N–H and O–H groups in total. The summed E-state index contributed by atoms with van der Waals surface area (Å²) in [6.45, 7) is 1.30. The molecule has 0 radical (unpaired) electrons.